The molecule has 0 aliphatic heterocycles. The molecule has 2 heterocycles. The molecule has 2 aromatic heterocycles. The first-order valence-corrected chi connectivity index (χ1v) is 10.6. The minimum Gasteiger partial charge on any atom is -0.369 e. The number of aryl methyl sites for hydroxylation is 2. The van der Waals surface area contributed by atoms with Gasteiger partial charge >= 0.3 is 0 Å². The van der Waals surface area contributed by atoms with Crippen LogP contribution in [0.15, 0.2) is 53.6 Å². The number of hydrogen-bond acceptors (Lipinski definition) is 8. The molecular formula is C20H21N7O2S. The van der Waals surface area contributed by atoms with E-state index in [-0.39, 0.29) is 11.4 Å². The summed E-state index contributed by atoms with van der Waals surface area (Å²) in [5.74, 6) is 2.39. The van der Waals surface area contributed by atoms with Crippen molar-refractivity contribution in [1.82, 2.24) is 19.7 Å². The van der Waals surface area contributed by atoms with Crippen molar-refractivity contribution in [2.75, 3.05) is 23.7 Å². The van der Waals surface area contributed by atoms with Gasteiger partial charge in [-0.15, -0.1) is 0 Å². The molecule has 30 heavy (non-hydrogen) atoms. The van der Waals surface area contributed by atoms with Gasteiger partial charge in [-0.05, 0) is 55.8 Å². The minimum absolute atomic E-state index is 0.108. The van der Waals surface area contributed by atoms with Crippen molar-refractivity contribution in [3.63, 3.8) is 0 Å². The average Bonchev–Trinajstić information content (AvgIpc) is 2.71. The van der Waals surface area contributed by atoms with Crippen LogP contribution in [0.25, 0.3) is 0 Å². The molecular weight excluding hydrogens is 402 g/mol. The highest BCUT2D eigenvalue weighted by Crippen LogP contribution is 2.16. The van der Waals surface area contributed by atoms with Crippen LogP contribution in [-0.2, 0) is 10.0 Å². The van der Waals surface area contributed by atoms with Crippen LogP contribution in [0.3, 0.4) is 0 Å². The van der Waals surface area contributed by atoms with Crippen molar-refractivity contribution in [1.29, 1.82) is 5.26 Å². The van der Waals surface area contributed by atoms with Gasteiger partial charge in [0.1, 0.15) is 23.3 Å². The Bertz CT molecular complexity index is 1170. The summed E-state index contributed by atoms with van der Waals surface area (Å²) in [5, 5.41) is 15.0. The average molecular weight is 424 g/mol. The smallest absolute Gasteiger partial charge is 0.240 e. The second kappa shape index (κ2) is 9.30. The van der Waals surface area contributed by atoms with Gasteiger partial charge in [0.25, 0.3) is 0 Å². The summed E-state index contributed by atoms with van der Waals surface area (Å²) < 4.78 is 27.2. The highest BCUT2D eigenvalue weighted by Gasteiger charge is 2.13. The number of rotatable bonds is 8. The summed E-state index contributed by atoms with van der Waals surface area (Å²) >= 11 is 0. The Hall–Kier alpha value is -3.55. The predicted octanol–water partition coefficient (Wildman–Crippen LogP) is 2.49. The van der Waals surface area contributed by atoms with Gasteiger partial charge in [-0.25, -0.2) is 28.1 Å². The molecule has 0 spiro atoms. The molecule has 0 saturated carbocycles. The molecule has 0 atom stereocenters. The Kier molecular flexibility index (Phi) is 6.56. The number of pyridine rings is 1. The van der Waals surface area contributed by atoms with Crippen molar-refractivity contribution < 1.29 is 8.42 Å². The monoisotopic (exact) mass is 423 g/mol. The van der Waals surface area contributed by atoms with Crippen LogP contribution >= 0.6 is 0 Å². The Labute approximate surface area is 175 Å². The van der Waals surface area contributed by atoms with E-state index in [0.717, 1.165) is 5.56 Å². The highest BCUT2D eigenvalue weighted by molar-refractivity contribution is 7.89. The summed E-state index contributed by atoms with van der Waals surface area (Å²) in [7, 11) is -3.65. The van der Waals surface area contributed by atoms with Crippen LogP contribution in [0.2, 0.25) is 0 Å². The van der Waals surface area contributed by atoms with E-state index in [4.69, 9.17) is 5.26 Å². The molecule has 1 aromatic carbocycles. The quantitative estimate of drug-likeness (QED) is 0.471. The fourth-order valence-electron chi connectivity index (χ4n) is 2.63. The van der Waals surface area contributed by atoms with Gasteiger partial charge in [0, 0.05) is 25.4 Å². The molecule has 0 fully saturated rings. The number of anilines is 3. The normalized spacial score (nSPS) is 11.0. The number of hydrogen-bond donors (Lipinski definition) is 3. The van der Waals surface area contributed by atoms with E-state index in [0.29, 0.717) is 35.4 Å². The van der Waals surface area contributed by atoms with Gasteiger partial charge in [0.15, 0.2) is 0 Å². The highest BCUT2D eigenvalue weighted by atomic mass is 32.2. The lowest BCUT2D eigenvalue weighted by Crippen LogP contribution is -2.29. The minimum atomic E-state index is -3.65. The molecule has 0 bridgehead atoms. The molecule has 10 heteroatoms. The lowest BCUT2D eigenvalue weighted by molar-refractivity contribution is 0.583. The molecule has 154 valence electrons. The summed E-state index contributed by atoms with van der Waals surface area (Å²) in [6.45, 7) is 4.24. The second-order valence-corrected chi connectivity index (χ2v) is 8.26. The van der Waals surface area contributed by atoms with E-state index in [1.54, 1.807) is 19.2 Å². The first kappa shape index (κ1) is 21.2. The van der Waals surface area contributed by atoms with Crippen LogP contribution in [0.1, 0.15) is 17.0 Å². The lowest BCUT2D eigenvalue weighted by Gasteiger charge is -2.11. The molecule has 0 aliphatic carbocycles. The van der Waals surface area contributed by atoms with Crippen LogP contribution in [0.4, 0.5) is 17.5 Å². The summed E-state index contributed by atoms with van der Waals surface area (Å²) in [6.07, 6.45) is 1.71. The third-order valence-electron chi connectivity index (χ3n) is 4.03. The maximum Gasteiger partial charge on any atom is 0.240 e. The van der Waals surface area contributed by atoms with Crippen LogP contribution in [0.5, 0.6) is 0 Å². The second-order valence-electron chi connectivity index (χ2n) is 6.49. The molecule has 3 rings (SSSR count). The zero-order valence-electron chi connectivity index (χ0n) is 16.5. The molecule has 0 amide bonds. The van der Waals surface area contributed by atoms with Crippen molar-refractivity contribution in [2.45, 2.75) is 18.7 Å². The van der Waals surface area contributed by atoms with Gasteiger partial charge in [-0.1, -0.05) is 0 Å². The maximum absolute atomic E-state index is 12.3. The zero-order chi connectivity index (χ0) is 21.6. The topological polar surface area (TPSA) is 133 Å². The standard InChI is InChI=1S/C20H21N7O2S/c1-14-7-8-22-18(11-14)27-20-12-19(25-15(2)26-20)23-9-10-24-30(28,29)17-5-3-16(13-21)4-6-17/h3-8,11-12,24H,9-10H2,1-2H3,(H2,22,23,25,26,27). The molecule has 0 saturated heterocycles. The molecule has 0 unspecified atom stereocenters. The molecule has 3 N–H and O–H groups in total. The zero-order valence-corrected chi connectivity index (χ0v) is 17.4. The lowest BCUT2D eigenvalue weighted by atomic mass is 10.2. The number of nitrogens with one attached hydrogen (secondary N) is 3. The van der Waals surface area contributed by atoms with Gasteiger partial charge in [0.05, 0.1) is 16.5 Å². The molecule has 0 aliphatic rings. The third-order valence-corrected chi connectivity index (χ3v) is 5.50. The first-order valence-electron chi connectivity index (χ1n) is 9.15. The molecule has 0 radical (unpaired) electrons. The number of sulfonamides is 1. The van der Waals surface area contributed by atoms with Crippen LogP contribution < -0.4 is 15.4 Å². The molecule has 9 nitrogen and oxygen atoms in total. The first-order chi connectivity index (χ1) is 14.4. The van der Waals surface area contributed by atoms with Crippen molar-refractivity contribution in [3.8, 4) is 6.07 Å². The largest absolute Gasteiger partial charge is 0.369 e. The fourth-order valence-corrected chi connectivity index (χ4v) is 3.66. The Morgan fingerprint density at radius 1 is 0.967 bits per heavy atom. The van der Waals surface area contributed by atoms with E-state index >= 15 is 0 Å². The van der Waals surface area contributed by atoms with Crippen molar-refractivity contribution in [2.24, 2.45) is 0 Å². The van der Waals surface area contributed by atoms with Gasteiger partial charge in [-0.2, -0.15) is 5.26 Å². The number of nitriles is 1. The summed E-state index contributed by atoms with van der Waals surface area (Å²) in [5.41, 5.74) is 1.48. The SMILES string of the molecule is Cc1ccnc(Nc2cc(NCCNS(=O)(=O)c3ccc(C#N)cc3)nc(C)n2)c1. The van der Waals surface area contributed by atoms with E-state index in [1.807, 2.05) is 25.1 Å². The van der Waals surface area contributed by atoms with Crippen LogP contribution in [0, 0.1) is 25.2 Å². The molecule has 3 aromatic rings. The number of benzene rings is 1. The van der Waals surface area contributed by atoms with Gasteiger partial charge in [0.2, 0.25) is 10.0 Å². The predicted molar refractivity (Wildman–Crippen MR) is 114 cm³/mol. The fraction of sp³-hybridized carbons (Fsp3) is 0.200. The van der Waals surface area contributed by atoms with Gasteiger partial charge < -0.3 is 10.6 Å². The number of nitrogens with zero attached hydrogens (tertiary/aromatic N) is 4. The third kappa shape index (κ3) is 5.73. The van der Waals surface area contributed by atoms with E-state index in [1.165, 1.54) is 24.3 Å². The van der Waals surface area contributed by atoms with Crippen molar-refractivity contribution in [3.05, 3.63) is 65.6 Å². The summed E-state index contributed by atoms with van der Waals surface area (Å²) in [4.78, 5) is 13.0. The summed E-state index contributed by atoms with van der Waals surface area (Å²) in [6, 6.07) is 13.2. The van der Waals surface area contributed by atoms with Gasteiger partial charge in [-0.3, -0.25) is 0 Å². The number of aromatic nitrogens is 3. The Morgan fingerprint density at radius 3 is 2.40 bits per heavy atom. The Morgan fingerprint density at radius 2 is 1.70 bits per heavy atom. The maximum atomic E-state index is 12.3. The van der Waals surface area contributed by atoms with Crippen molar-refractivity contribution >= 4 is 27.5 Å². The van der Waals surface area contributed by atoms with E-state index in [9.17, 15) is 8.42 Å². The van der Waals surface area contributed by atoms with E-state index < -0.39 is 10.0 Å². The van der Waals surface area contributed by atoms with Crippen LogP contribution in [-0.4, -0.2) is 36.5 Å². The van der Waals surface area contributed by atoms with E-state index in [2.05, 4.69) is 30.3 Å². The Balaban J connectivity index is 1.58.